The van der Waals surface area contributed by atoms with Crippen molar-refractivity contribution in [2.45, 2.75) is 4.83 Å². The maximum Gasteiger partial charge on any atom is 0.326 e. The Hall–Kier alpha value is -1.15. The summed E-state index contributed by atoms with van der Waals surface area (Å²) in [5, 5.41) is 8.61. The highest BCUT2D eigenvalue weighted by molar-refractivity contribution is 9.09. The van der Waals surface area contributed by atoms with Crippen LogP contribution in [0.3, 0.4) is 0 Å². The van der Waals surface area contributed by atoms with E-state index in [1.54, 1.807) is 0 Å². The molecular formula is C9H6BrF2NO. The molecule has 1 rings (SSSR count). The smallest absolute Gasteiger partial charge is 0.326 e. The summed E-state index contributed by atoms with van der Waals surface area (Å²) >= 11 is 2.22. The van der Waals surface area contributed by atoms with Crippen LogP contribution in [0.5, 0.6) is 5.75 Å². The van der Waals surface area contributed by atoms with Gasteiger partial charge in [-0.05, 0) is 28.1 Å². The second-order valence-electron chi connectivity index (χ2n) is 2.52. The van der Waals surface area contributed by atoms with Gasteiger partial charge in [-0.15, -0.1) is 0 Å². The summed E-state index contributed by atoms with van der Waals surface area (Å²) in [6.45, 7) is 0. The first-order valence-electron chi connectivity index (χ1n) is 3.64. The highest BCUT2D eigenvalue weighted by atomic mass is 79.9. The van der Waals surface area contributed by atoms with E-state index >= 15 is 0 Å². The lowest BCUT2D eigenvalue weighted by Gasteiger charge is -2.10. The van der Waals surface area contributed by atoms with Crippen molar-refractivity contribution in [1.29, 1.82) is 5.26 Å². The minimum Gasteiger partial charge on any atom is -0.495 e. The van der Waals surface area contributed by atoms with E-state index in [9.17, 15) is 8.78 Å². The molecule has 1 aromatic carbocycles. The SMILES string of the molecule is COc1cc(C(F)(F)Br)ccc1C#N. The maximum absolute atomic E-state index is 12.8. The summed E-state index contributed by atoms with van der Waals surface area (Å²) in [6, 6.07) is 5.44. The van der Waals surface area contributed by atoms with Crippen LogP contribution in [-0.2, 0) is 4.83 Å². The van der Waals surface area contributed by atoms with Crippen molar-refractivity contribution in [3.8, 4) is 11.8 Å². The Labute approximate surface area is 88.2 Å². The molecule has 5 heteroatoms. The lowest BCUT2D eigenvalue weighted by molar-refractivity contribution is 0.114. The van der Waals surface area contributed by atoms with Crippen molar-refractivity contribution in [2.24, 2.45) is 0 Å². The van der Waals surface area contributed by atoms with Crippen LogP contribution < -0.4 is 4.74 Å². The van der Waals surface area contributed by atoms with Crippen molar-refractivity contribution < 1.29 is 13.5 Å². The molecule has 0 fully saturated rings. The van der Waals surface area contributed by atoms with E-state index in [1.165, 1.54) is 19.2 Å². The van der Waals surface area contributed by atoms with E-state index < -0.39 is 4.83 Å². The summed E-state index contributed by atoms with van der Waals surface area (Å²) in [5.74, 6) is 0.143. The molecule has 0 unspecified atom stereocenters. The first-order chi connectivity index (χ1) is 6.49. The lowest BCUT2D eigenvalue weighted by atomic mass is 10.1. The molecule has 0 saturated carbocycles. The third-order valence-corrected chi connectivity index (χ3v) is 2.11. The molecule has 0 atom stereocenters. The zero-order chi connectivity index (χ0) is 10.8. The number of hydrogen-bond acceptors (Lipinski definition) is 2. The molecule has 0 N–H and O–H groups in total. The number of hydrogen-bond donors (Lipinski definition) is 0. The Bertz CT molecular complexity index is 381. The van der Waals surface area contributed by atoms with Crippen molar-refractivity contribution in [1.82, 2.24) is 0 Å². The number of nitrogens with zero attached hydrogens (tertiary/aromatic N) is 1. The molecule has 0 amide bonds. The van der Waals surface area contributed by atoms with Crippen LogP contribution in [0.15, 0.2) is 18.2 Å². The van der Waals surface area contributed by atoms with Crippen LogP contribution in [0.2, 0.25) is 0 Å². The van der Waals surface area contributed by atoms with Gasteiger partial charge in [-0.2, -0.15) is 14.0 Å². The van der Waals surface area contributed by atoms with E-state index in [-0.39, 0.29) is 16.9 Å². The third kappa shape index (κ3) is 2.20. The Balaban J connectivity index is 3.23. The Morgan fingerprint density at radius 1 is 1.50 bits per heavy atom. The summed E-state index contributed by atoms with van der Waals surface area (Å²) in [6.07, 6.45) is 0. The summed E-state index contributed by atoms with van der Waals surface area (Å²) < 4.78 is 30.4. The Morgan fingerprint density at radius 2 is 2.14 bits per heavy atom. The average Bonchev–Trinajstić information content (AvgIpc) is 2.15. The molecule has 0 spiro atoms. The lowest BCUT2D eigenvalue weighted by Crippen LogP contribution is -2.03. The van der Waals surface area contributed by atoms with E-state index in [4.69, 9.17) is 10.00 Å². The zero-order valence-electron chi connectivity index (χ0n) is 7.22. The van der Waals surface area contributed by atoms with Crippen LogP contribution in [-0.4, -0.2) is 7.11 Å². The number of nitriles is 1. The van der Waals surface area contributed by atoms with Gasteiger partial charge in [0, 0.05) is 5.56 Å². The van der Waals surface area contributed by atoms with Gasteiger partial charge in [0.15, 0.2) is 0 Å². The van der Waals surface area contributed by atoms with Crippen molar-refractivity contribution in [2.75, 3.05) is 7.11 Å². The molecule has 0 aromatic heterocycles. The molecule has 0 aliphatic carbocycles. The van der Waals surface area contributed by atoms with E-state index in [0.717, 1.165) is 6.07 Å². The fourth-order valence-corrected chi connectivity index (χ4v) is 1.21. The molecule has 0 saturated heterocycles. The largest absolute Gasteiger partial charge is 0.495 e. The minimum atomic E-state index is -3.10. The third-order valence-electron chi connectivity index (χ3n) is 1.65. The van der Waals surface area contributed by atoms with Crippen LogP contribution in [0.1, 0.15) is 11.1 Å². The topological polar surface area (TPSA) is 33.0 Å². The highest BCUT2D eigenvalue weighted by Crippen LogP contribution is 2.36. The summed E-state index contributed by atoms with van der Waals surface area (Å²) in [5.41, 5.74) is -0.0126. The first-order valence-corrected chi connectivity index (χ1v) is 4.43. The number of halogens is 3. The zero-order valence-corrected chi connectivity index (χ0v) is 8.81. The molecule has 2 nitrogen and oxygen atoms in total. The quantitative estimate of drug-likeness (QED) is 0.767. The first kappa shape index (κ1) is 10.9. The predicted molar refractivity (Wildman–Crippen MR) is 50.5 cm³/mol. The fourth-order valence-electron chi connectivity index (χ4n) is 0.960. The molecule has 1 aromatic rings. The second-order valence-corrected chi connectivity index (χ2v) is 3.52. The average molecular weight is 262 g/mol. The van der Waals surface area contributed by atoms with Crippen LogP contribution in [0, 0.1) is 11.3 Å². The van der Waals surface area contributed by atoms with Crippen molar-refractivity contribution in [3.05, 3.63) is 29.3 Å². The number of rotatable bonds is 2. The molecule has 0 radical (unpaired) electrons. The molecule has 0 aliphatic rings. The Morgan fingerprint density at radius 3 is 2.57 bits per heavy atom. The van der Waals surface area contributed by atoms with Crippen LogP contribution >= 0.6 is 15.9 Å². The monoisotopic (exact) mass is 261 g/mol. The minimum absolute atomic E-state index is 0.143. The highest BCUT2D eigenvalue weighted by Gasteiger charge is 2.27. The molecule has 74 valence electrons. The van der Waals surface area contributed by atoms with Crippen molar-refractivity contribution in [3.63, 3.8) is 0 Å². The number of benzene rings is 1. The molecule has 0 aliphatic heterocycles. The summed E-state index contributed by atoms with van der Waals surface area (Å²) in [4.78, 5) is -3.10. The van der Waals surface area contributed by atoms with Crippen LogP contribution in [0.25, 0.3) is 0 Å². The van der Waals surface area contributed by atoms with Gasteiger partial charge in [0.05, 0.1) is 12.7 Å². The Kier molecular flexibility index (Phi) is 3.06. The summed E-state index contributed by atoms with van der Waals surface area (Å²) in [7, 11) is 1.33. The van der Waals surface area contributed by atoms with Gasteiger partial charge in [0.1, 0.15) is 11.8 Å². The van der Waals surface area contributed by atoms with Gasteiger partial charge in [0.25, 0.3) is 0 Å². The molecule has 14 heavy (non-hydrogen) atoms. The van der Waals surface area contributed by atoms with Crippen molar-refractivity contribution >= 4 is 15.9 Å². The molecule has 0 heterocycles. The van der Waals surface area contributed by atoms with E-state index in [2.05, 4.69) is 15.9 Å². The second kappa shape index (κ2) is 3.93. The van der Waals surface area contributed by atoms with Gasteiger partial charge in [-0.1, -0.05) is 6.07 Å². The van der Waals surface area contributed by atoms with E-state index in [0.29, 0.717) is 0 Å². The van der Waals surface area contributed by atoms with E-state index in [1.807, 2.05) is 6.07 Å². The van der Waals surface area contributed by atoms with Gasteiger partial charge in [0.2, 0.25) is 0 Å². The van der Waals surface area contributed by atoms with Gasteiger partial charge < -0.3 is 4.74 Å². The number of ether oxygens (including phenoxy) is 1. The van der Waals surface area contributed by atoms with Gasteiger partial charge in [-0.25, -0.2) is 0 Å². The van der Waals surface area contributed by atoms with Gasteiger partial charge in [-0.3, -0.25) is 0 Å². The normalized spacial score (nSPS) is 10.8. The van der Waals surface area contributed by atoms with Gasteiger partial charge >= 0.3 is 4.83 Å². The molecular weight excluding hydrogens is 256 g/mol. The molecule has 0 bridgehead atoms. The number of methoxy groups -OCH3 is 1. The number of alkyl halides is 3. The standard InChI is InChI=1S/C9H6BrF2NO/c1-14-8-4-7(9(10,11)12)3-2-6(8)5-13/h2-4H,1H3. The predicted octanol–water partition coefficient (Wildman–Crippen LogP) is 3.01. The fraction of sp³-hybridized carbons (Fsp3) is 0.222. The maximum atomic E-state index is 12.8. The van der Waals surface area contributed by atoms with Crippen LogP contribution in [0.4, 0.5) is 8.78 Å².